The Morgan fingerprint density at radius 3 is 2.16 bits per heavy atom. The van der Waals surface area contributed by atoms with E-state index >= 15 is 0 Å². The average molecular weight is 266 g/mol. The van der Waals surface area contributed by atoms with Crippen molar-refractivity contribution in [3.05, 3.63) is 0 Å². The van der Waals surface area contributed by atoms with E-state index < -0.39 is 0 Å². The van der Waals surface area contributed by atoms with E-state index in [1.807, 2.05) is 4.90 Å². The first kappa shape index (κ1) is 14.8. The zero-order valence-electron chi connectivity index (χ0n) is 12.3. The van der Waals surface area contributed by atoms with Gasteiger partial charge in [-0.2, -0.15) is 0 Å². The van der Waals surface area contributed by atoms with Crippen LogP contribution in [-0.4, -0.2) is 30.4 Å². The normalized spacial score (nSPS) is 23.9. The molecule has 0 spiro atoms. The molecule has 1 heterocycles. The third kappa shape index (κ3) is 4.48. The Morgan fingerprint density at radius 1 is 1.00 bits per heavy atom. The summed E-state index contributed by atoms with van der Waals surface area (Å²) in [4.78, 5) is 14.5. The van der Waals surface area contributed by atoms with E-state index in [0.717, 1.165) is 25.4 Å². The second-order valence-electron chi connectivity index (χ2n) is 6.41. The molecule has 1 aliphatic heterocycles. The van der Waals surface area contributed by atoms with E-state index in [2.05, 4.69) is 0 Å². The van der Waals surface area contributed by atoms with Crippen LogP contribution in [0.5, 0.6) is 0 Å². The van der Waals surface area contributed by atoms with Gasteiger partial charge in [-0.25, -0.2) is 0 Å². The van der Waals surface area contributed by atoms with Gasteiger partial charge in [0.2, 0.25) is 5.91 Å². The van der Waals surface area contributed by atoms with E-state index in [-0.39, 0.29) is 5.92 Å². The number of carbonyl (C=O) groups excluding carboxylic acids is 1. The largest absolute Gasteiger partial charge is 0.342 e. The number of rotatable bonds is 4. The van der Waals surface area contributed by atoms with Crippen LogP contribution in [0.4, 0.5) is 0 Å². The number of nitrogens with two attached hydrogens (primary N) is 1. The maximum absolute atomic E-state index is 12.5. The van der Waals surface area contributed by atoms with Crippen molar-refractivity contribution >= 4 is 5.91 Å². The van der Waals surface area contributed by atoms with Crippen molar-refractivity contribution in [1.29, 1.82) is 0 Å². The Morgan fingerprint density at radius 2 is 1.58 bits per heavy atom. The summed E-state index contributed by atoms with van der Waals surface area (Å²) in [7, 11) is 0. The summed E-state index contributed by atoms with van der Waals surface area (Å²) in [5, 5.41) is 0. The van der Waals surface area contributed by atoms with Gasteiger partial charge in [0.15, 0.2) is 0 Å². The van der Waals surface area contributed by atoms with Crippen molar-refractivity contribution in [3.63, 3.8) is 0 Å². The summed E-state index contributed by atoms with van der Waals surface area (Å²) in [6.07, 6.45) is 12.9. The van der Waals surface area contributed by atoms with Crippen LogP contribution < -0.4 is 5.73 Å². The standard InChI is InChI=1S/C16H30N2O/c17-13-15(16(19)18-10-6-7-11-18)12-14-8-4-2-1-3-5-9-14/h14-15H,1-13,17H2. The van der Waals surface area contributed by atoms with Gasteiger partial charge in [0.05, 0.1) is 5.92 Å². The molecule has 0 radical (unpaired) electrons. The summed E-state index contributed by atoms with van der Waals surface area (Å²) < 4.78 is 0. The van der Waals surface area contributed by atoms with Gasteiger partial charge in [0, 0.05) is 19.6 Å². The molecule has 2 rings (SSSR count). The molecule has 1 saturated carbocycles. The van der Waals surface area contributed by atoms with E-state index in [0.29, 0.717) is 12.5 Å². The molecule has 110 valence electrons. The second kappa shape index (κ2) is 7.88. The lowest BCUT2D eigenvalue weighted by molar-refractivity contribution is -0.134. The van der Waals surface area contributed by atoms with Crippen molar-refractivity contribution in [2.75, 3.05) is 19.6 Å². The number of likely N-dealkylation sites (tertiary alicyclic amines) is 1. The average Bonchev–Trinajstić information content (AvgIpc) is 2.91. The van der Waals surface area contributed by atoms with Crippen molar-refractivity contribution < 1.29 is 4.79 Å². The summed E-state index contributed by atoms with van der Waals surface area (Å²) >= 11 is 0. The minimum absolute atomic E-state index is 0.0857. The maximum Gasteiger partial charge on any atom is 0.226 e. The molecule has 2 N–H and O–H groups in total. The Balaban J connectivity index is 1.84. The minimum Gasteiger partial charge on any atom is -0.342 e. The Labute approximate surface area is 117 Å². The molecule has 2 fully saturated rings. The number of carbonyl (C=O) groups is 1. The molecule has 3 nitrogen and oxygen atoms in total. The molecule has 0 aromatic heterocycles. The van der Waals surface area contributed by atoms with Crippen LogP contribution in [0.25, 0.3) is 0 Å². The first-order chi connectivity index (χ1) is 9.31. The predicted molar refractivity (Wildman–Crippen MR) is 78.8 cm³/mol. The van der Waals surface area contributed by atoms with Gasteiger partial charge < -0.3 is 10.6 Å². The highest BCUT2D eigenvalue weighted by atomic mass is 16.2. The lowest BCUT2D eigenvalue weighted by Gasteiger charge is -2.27. The van der Waals surface area contributed by atoms with Crippen LogP contribution in [0.2, 0.25) is 0 Å². The lowest BCUT2D eigenvalue weighted by atomic mass is 9.84. The second-order valence-corrected chi connectivity index (χ2v) is 6.41. The fourth-order valence-electron chi connectivity index (χ4n) is 3.67. The van der Waals surface area contributed by atoms with Crippen molar-refractivity contribution in [2.24, 2.45) is 17.6 Å². The fraction of sp³-hybridized carbons (Fsp3) is 0.938. The maximum atomic E-state index is 12.5. The molecule has 0 aromatic rings. The van der Waals surface area contributed by atoms with E-state index in [1.54, 1.807) is 0 Å². The highest BCUT2D eigenvalue weighted by Gasteiger charge is 2.27. The third-order valence-corrected chi connectivity index (χ3v) is 4.89. The van der Waals surface area contributed by atoms with Gasteiger partial charge in [-0.1, -0.05) is 44.9 Å². The van der Waals surface area contributed by atoms with Crippen LogP contribution in [0.15, 0.2) is 0 Å². The summed E-state index contributed by atoms with van der Waals surface area (Å²) in [5.41, 5.74) is 5.88. The summed E-state index contributed by atoms with van der Waals surface area (Å²) in [5.74, 6) is 1.16. The minimum atomic E-state index is 0.0857. The smallest absolute Gasteiger partial charge is 0.226 e. The van der Waals surface area contributed by atoms with Crippen LogP contribution in [0.3, 0.4) is 0 Å². The highest BCUT2D eigenvalue weighted by Crippen LogP contribution is 2.28. The first-order valence-corrected chi connectivity index (χ1v) is 8.30. The third-order valence-electron chi connectivity index (χ3n) is 4.89. The molecule has 2 aliphatic rings. The van der Waals surface area contributed by atoms with Gasteiger partial charge >= 0.3 is 0 Å². The lowest BCUT2D eigenvalue weighted by Crippen LogP contribution is -2.38. The number of hydrogen-bond donors (Lipinski definition) is 1. The SMILES string of the molecule is NCC(CC1CCCCCCC1)C(=O)N1CCCC1. The van der Waals surface area contributed by atoms with Crippen molar-refractivity contribution in [1.82, 2.24) is 4.90 Å². The Hall–Kier alpha value is -0.570. The fourth-order valence-corrected chi connectivity index (χ4v) is 3.67. The predicted octanol–water partition coefficient (Wildman–Crippen LogP) is 2.93. The van der Waals surface area contributed by atoms with Crippen LogP contribution in [0, 0.1) is 11.8 Å². The van der Waals surface area contributed by atoms with Gasteiger partial charge in [0.1, 0.15) is 0 Å². The Bertz CT molecular complexity index is 266. The molecule has 1 amide bonds. The number of hydrogen-bond acceptors (Lipinski definition) is 2. The molecule has 0 aromatic carbocycles. The van der Waals surface area contributed by atoms with Gasteiger partial charge in [-0.3, -0.25) is 4.79 Å². The van der Waals surface area contributed by atoms with E-state index in [9.17, 15) is 4.79 Å². The first-order valence-electron chi connectivity index (χ1n) is 8.30. The number of amides is 1. The summed E-state index contributed by atoms with van der Waals surface area (Å²) in [6.45, 7) is 2.45. The molecule has 1 atom stereocenters. The van der Waals surface area contributed by atoms with Gasteiger partial charge in [-0.05, 0) is 25.2 Å². The topological polar surface area (TPSA) is 46.3 Å². The molecule has 1 unspecified atom stereocenters. The molecule has 1 aliphatic carbocycles. The molecule has 3 heteroatoms. The monoisotopic (exact) mass is 266 g/mol. The number of nitrogens with zero attached hydrogens (tertiary/aromatic N) is 1. The highest BCUT2D eigenvalue weighted by molar-refractivity contribution is 5.79. The van der Waals surface area contributed by atoms with E-state index in [1.165, 1.54) is 57.8 Å². The molecular formula is C16H30N2O. The zero-order chi connectivity index (χ0) is 13.5. The molecule has 19 heavy (non-hydrogen) atoms. The van der Waals surface area contributed by atoms with Crippen LogP contribution in [-0.2, 0) is 4.79 Å². The zero-order valence-corrected chi connectivity index (χ0v) is 12.3. The van der Waals surface area contributed by atoms with Gasteiger partial charge in [-0.15, -0.1) is 0 Å². The molecule has 1 saturated heterocycles. The van der Waals surface area contributed by atoms with Crippen LogP contribution >= 0.6 is 0 Å². The summed E-state index contributed by atoms with van der Waals surface area (Å²) in [6, 6.07) is 0. The van der Waals surface area contributed by atoms with Crippen molar-refractivity contribution in [2.45, 2.75) is 64.2 Å². The Kier molecular flexibility index (Phi) is 6.15. The van der Waals surface area contributed by atoms with E-state index in [4.69, 9.17) is 5.73 Å². The van der Waals surface area contributed by atoms with Crippen LogP contribution in [0.1, 0.15) is 64.2 Å². The van der Waals surface area contributed by atoms with Gasteiger partial charge in [0.25, 0.3) is 0 Å². The quantitative estimate of drug-likeness (QED) is 0.850. The van der Waals surface area contributed by atoms with Crippen molar-refractivity contribution in [3.8, 4) is 0 Å². The molecule has 0 bridgehead atoms. The molecular weight excluding hydrogens is 236 g/mol.